The number of aromatic nitrogens is 2. The maximum Gasteiger partial charge on any atom is 0.244 e. The molecule has 0 bridgehead atoms. The van der Waals surface area contributed by atoms with Crippen molar-refractivity contribution in [1.82, 2.24) is 19.6 Å². The van der Waals surface area contributed by atoms with Crippen molar-refractivity contribution < 1.29 is 9.59 Å². The lowest BCUT2D eigenvalue weighted by Crippen LogP contribution is -2.49. The van der Waals surface area contributed by atoms with Gasteiger partial charge in [-0.05, 0) is 67.7 Å². The summed E-state index contributed by atoms with van der Waals surface area (Å²) < 4.78 is 1.68. The molecule has 1 saturated heterocycles. The first-order valence-electron chi connectivity index (χ1n) is 13.1. The van der Waals surface area contributed by atoms with E-state index in [4.69, 9.17) is 0 Å². The molecule has 1 aromatic heterocycles. The number of carbonyl (C=O) groups is 2. The van der Waals surface area contributed by atoms with Gasteiger partial charge in [-0.1, -0.05) is 54.6 Å². The second kappa shape index (κ2) is 12.5. The Morgan fingerprint density at radius 1 is 1.03 bits per heavy atom. The molecule has 0 saturated carbocycles. The molecule has 6 nitrogen and oxygen atoms in total. The average Bonchev–Trinajstić information content (AvgIpc) is 3.41. The predicted octanol–water partition coefficient (Wildman–Crippen LogP) is 4.52. The van der Waals surface area contributed by atoms with Crippen molar-refractivity contribution in [2.45, 2.75) is 58.0 Å². The van der Waals surface area contributed by atoms with Crippen molar-refractivity contribution in [2.75, 3.05) is 20.1 Å². The van der Waals surface area contributed by atoms with Gasteiger partial charge in [0.2, 0.25) is 11.8 Å². The highest BCUT2D eigenvalue weighted by Crippen LogP contribution is 2.28. The minimum Gasteiger partial charge on any atom is -0.343 e. The fourth-order valence-corrected chi connectivity index (χ4v) is 5.29. The van der Waals surface area contributed by atoms with Crippen LogP contribution in [0.5, 0.6) is 0 Å². The molecule has 2 aromatic carbocycles. The zero-order valence-electron chi connectivity index (χ0n) is 21.6. The minimum atomic E-state index is 0.0664. The summed E-state index contributed by atoms with van der Waals surface area (Å²) in [5.74, 6) is 0.671. The summed E-state index contributed by atoms with van der Waals surface area (Å²) in [5, 5.41) is 4.21. The van der Waals surface area contributed by atoms with Gasteiger partial charge in [0, 0.05) is 45.0 Å². The second-order valence-electron chi connectivity index (χ2n) is 9.96. The summed E-state index contributed by atoms with van der Waals surface area (Å²) >= 11 is 0. The Morgan fingerprint density at radius 2 is 1.75 bits per heavy atom. The Kier molecular flexibility index (Phi) is 8.93. The number of amides is 2. The van der Waals surface area contributed by atoms with Gasteiger partial charge in [0.1, 0.15) is 6.54 Å². The van der Waals surface area contributed by atoms with Crippen molar-refractivity contribution in [3.05, 3.63) is 89.7 Å². The summed E-state index contributed by atoms with van der Waals surface area (Å²) in [6.07, 6.45) is 8.58. The van der Waals surface area contributed by atoms with Crippen LogP contribution in [0.1, 0.15) is 42.4 Å². The highest BCUT2D eigenvalue weighted by molar-refractivity contribution is 5.76. The third-order valence-electron chi connectivity index (χ3n) is 7.57. The first kappa shape index (κ1) is 25.7. The second-order valence-corrected chi connectivity index (χ2v) is 9.96. The van der Waals surface area contributed by atoms with Crippen LogP contribution in [-0.2, 0) is 29.0 Å². The van der Waals surface area contributed by atoms with Crippen molar-refractivity contribution in [3.63, 3.8) is 0 Å². The topological polar surface area (TPSA) is 58.4 Å². The summed E-state index contributed by atoms with van der Waals surface area (Å²) in [7, 11) is 1.93. The van der Waals surface area contributed by atoms with Gasteiger partial charge in [-0.3, -0.25) is 14.3 Å². The Bertz CT molecular complexity index is 1100. The van der Waals surface area contributed by atoms with E-state index in [1.54, 1.807) is 10.9 Å². The van der Waals surface area contributed by atoms with E-state index in [-0.39, 0.29) is 24.4 Å². The number of benzene rings is 2. The van der Waals surface area contributed by atoms with Crippen LogP contribution >= 0.6 is 0 Å². The molecule has 6 heteroatoms. The van der Waals surface area contributed by atoms with E-state index < -0.39 is 0 Å². The molecule has 0 N–H and O–H groups in total. The highest BCUT2D eigenvalue weighted by atomic mass is 16.2. The van der Waals surface area contributed by atoms with Gasteiger partial charge in [-0.2, -0.15) is 5.10 Å². The molecule has 2 heterocycles. The van der Waals surface area contributed by atoms with Crippen LogP contribution in [0.25, 0.3) is 0 Å². The SMILES string of the molecule is Cc1ccccc1C[C@@H](C1CCN(C(=O)CCCc2ccccc2)CC1)N(C)C(=O)Cn1cccn1. The van der Waals surface area contributed by atoms with E-state index in [1.165, 1.54) is 16.7 Å². The van der Waals surface area contributed by atoms with E-state index in [0.717, 1.165) is 45.2 Å². The molecule has 36 heavy (non-hydrogen) atoms. The quantitative estimate of drug-likeness (QED) is 0.423. The van der Waals surface area contributed by atoms with E-state index >= 15 is 0 Å². The Hall–Kier alpha value is -3.41. The van der Waals surface area contributed by atoms with E-state index in [9.17, 15) is 9.59 Å². The maximum atomic E-state index is 13.2. The standard InChI is InChI=1S/C30H38N4O2/c1-24-10-6-7-14-27(24)22-28(32(2)30(36)23-34-19-9-18-31-34)26-16-20-33(21-17-26)29(35)15-8-13-25-11-4-3-5-12-25/h3-7,9-12,14,18-19,26,28H,8,13,15-17,20-23H2,1-2H3/t28-/m0/s1. The summed E-state index contributed by atoms with van der Waals surface area (Å²) in [6, 6.07) is 20.7. The summed E-state index contributed by atoms with van der Waals surface area (Å²) in [4.78, 5) is 30.0. The number of carbonyl (C=O) groups excluding carboxylic acids is 2. The van der Waals surface area contributed by atoms with Crippen LogP contribution in [0.15, 0.2) is 73.1 Å². The zero-order valence-corrected chi connectivity index (χ0v) is 21.6. The van der Waals surface area contributed by atoms with E-state index in [1.807, 2.05) is 47.3 Å². The molecule has 1 fully saturated rings. The molecule has 0 radical (unpaired) electrons. The molecule has 1 aliphatic heterocycles. The lowest BCUT2D eigenvalue weighted by Gasteiger charge is -2.40. The van der Waals surface area contributed by atoms with Crippen LogP contribution < -0.4 is 0 Å². The van der Waals surface area contributed by atoms with Gasteiger partial charge in [0.15, 0.2) is 0 Å². The van der Waals surface area contributed by atoms with Crippen LogP contribution in [0.3, 0.4) is 0 Å². The fourth-order valence-electron chi connectivity index (χ4n) is 5.29. The normalized spacial score (nSPS) is 15.0. The number of likely N-dealkylation sites (N-methyl/N-ethyl adjacent to an activating group) is 1. The molecule has 1 aliphatic rings. The van der Waals surface area contributed by atoms with E-state index in [0.29, 0.717) is 12.3 Å². The van der Waals surface area contributed by atoms with E-state index in [2.05, 4.69) is 48.4 Å². The van der Waals surface area contributed by atoms with Crippen LogP contribution in [0.4, 0.5) is 0 Å². The molecule has 4 rings (SSSR count). The van der Waals surface area contributed by atoms with Gasteiger partial charge < -0.3 is 9.80 Å². The van der Waals surface area contributed by atoms with Gasteiger partial charge in [-0.15, -0.1) is 0 Å². The number of rotatable bonds is 10. The number of hydrogen-bond donors (Lipinski definition) is 0. The summed E-state index contributed by atoms with van der Waals surface area (Å²) in [5.41, 5.74) is 3.81. The van der Waals surface area contributed by atoms with Crippen LogP contribution in [-0.4, -0.2) is 57.6 Å². The molecule has 0 spiro atoms. The third kappa shape index (κ3) is 6.84. The monoisotopic (exact) mass is 486 g/mol. The average molecular weight is 487 g/mol. The fraction of sp³-hybridized carbons (Fsp3) is 0.433. The molecular formula is C30H38N4O2. The lowest BCUT2D eigenvalue weighted by molar-refractivity contribution is -0.137. The Labute approximate surface area is 214 Å². The van der Waals surface area contributed by atoms with Crippen LogP contribution in [0, 0.1) is 12.8 Å². The Morgan fingerprint density at radius 3 is 2.44 bits per heavy atom. The van der Waals surface area contributed by atoms with Gasteiger partial charge in [0.05, 0.1) is 0 Å². The first-order chi connectivity index (χ1) is 17.5. The predicted molar refractivity (Wildman–Crippen MR) is 142 cm³/mol. The number of aryl methyl sites for hydroxylation is 2. The van der Waals surface area contributed by atoms with Crippen molar-refractivity contribution in [1.29, 1.82) is 0 Å². The molecular weight excluding hydrogens is 448 g/mol. The van der Waals surface area contributed by atoms with Crippen molar-refractivity contribution in [2.24, 2.45) is 5.92 Å². The largest absolute Gasteiger partial charge is 0.343 e. The number of piperidine rings is 1. The van der Waals surface area contributed by atoms with Gasteiger partial charge in [0.25, 0.3) is 0 Å². The summed E-state index contributed by atoms with van der Waals surface area (Å²) in [6.45, 7) is 3.90. The van der Waals surface area contributed by atoms with Gasteiger partial charge in [-0.25, -0.2) is 0 Å². The highest BCUT2D eigenvalue weighted by Gasteiger charge is 2.33. The van der Waals surface area contributed by atoms with Crippen molar-refractivity contribution >= 4 is 11.8 Å². The molecule has 190 valence electrons. The van der Waals surface area contributed by atoms with Crippen LogP contribution in [0.2, 0.25) is 0 Å². The lowest BCUT2D eigenvalue weighted by atomic mass is 9.84. The maximum absolute atomic E-state index is 13.2. The molecule has 0 aliphatic carbocycles. The molecule has 0 unspecified atom stereocenters. The number of nitrogens with zero attached hydrogens (tertiary/aromatic N) is 4. The minimum absolute atomic E-state index is 0.0664. The number of hydrogen-bond acceptors (Lipinski definition) is 3. The third-order valence-corrected chi connectivity index (χ3v) is 7.57. The van der Waals surface area contributed by atoms with Gasteiger partial charge >= 0.3 is 0 Å². The smallest absolute Gasteiger partial charge is 0.244 e. The molecule has 3 aromatic rings. The molecule has 2 amide bonds. The molecule has 1 atom stereocenters. The Balaban J connectivity index is 1.36. The number of likely N-dealkylation sites (tertiary alicyclic amines) is 1. The zero-order chi connectivity index (χ0) is 25.3. The first-order valence-corrected chi connectivity index (χ1v) is 13.1. The van der Waals surface area contributed by atoms with Crippen molar-refractivity contribution in [3.8, 4) is 0 Å².